The number of aromatic nitrogens is 3. The van der Waals surface area contributed by atoms with Crippen molar-refractivity contribution in [2.75, 3.05) is 0 Å². The second-order valence-electron chi connectivity index (χ2n) is 4.16. The first-order valence-corrected chi connectivity index (χ1v) is 6.27. The summed E-state index contributed by atoms with van der Waals surface area (Å²) in [5.41, 5.74) is 5.09. The standard InChI is InChI=1S/C14H12ClN3/c1-10-3-2-8-18-12(9-15)13(17-14(10)18)11-4-6-16-7-5-11/h2-8H,9H2,1H3. The molecule has 0 amide bonds. The molecule has 3 rings (SSSR count). The molecule has 4 heteroatoms. The zero-order valence-corrected chi connectivity index (χ0v) is 10.7. The van der Waals surface area contributed by atoms with Gasteiger partial charge < -0.3 is 4.40 Å². The highest BCUT2D eigenvalue weighted by molar-refractivity contribution is 6.17. The van der Waals surface area contributed by atoms with Crippen LogP contribution in [0.2, 0.25) is 0 Å². The summed E-state index contributed by atoms with van der Waals surface area (Å²) >= 11 is 6.08. The molecular formula is C14H12ClN3. The van der Waals surface area contributed by atoms with Crippen molar-refractivity contribution >= 4 is 17.2 Å². The normalized spacial score (nSPS) is 11.0. The molecule has 0 aliphatic heterocycles. The molecule has 0 saturated heterocycles. The van der Waals surface area contributed by atoms with Crippen LogP contribution in [0.4, 0.5) is 0 Å². The van der Waals surface area contributed by atoms with Gasteiger partial charge in [0.25, 0.3) is 0 Å². The molecule has 3 nitrogen and oxygen atoms in total. The van der Waals surface area contributed by atoms with Crippen molar-refractivity contribution in [3.8, 4) is 11.3 Å². The smallest absolute Gasteiger partial charge is 0.140 e. The maximum atomic E-state index is 6.08. The molecule has 0 fully saturated rings. The summed E-state index contributed by atoms with van der Waals surface area (Å²) < 4.78 is 2.05. The van der Waals surface area contributed by atoms with Gasteiger partial charge in [-0.25, -0.2) is 4.98 Å². The van der Waals surface area contributed by atoms with E-state index in [1.807, 2.05) is 24.4 Å². The highest BCUT2D eigenvalue weighted by Gasteiger charge is 2.13. The van der Waals surface area contributed by atoms with Crippen molar-refractivity contribution in [1.82, 2.24) is 14.4 Å². The predicted molar refractivity (Wildman–Crippen MR) is 72.7 cm³/mol. The molecule has 0 bridgehead atoms. The van der Waals surface area contributed by atoms with E-state index in [-0.39, 0.29) is 0 Å². The van der Waals surface area contributed by atoms with E-state index in [9.17, 15) is 0 Å². The van der Waals surface area contributed by atoms with E-state index in [0.717, 1.165) is 28.2 Å². The van der Waals surface area contributed by atoms with Crippen molar-refractivity contribution in [3.05, 3.63) is 54.1 Å². The lowest BCUT2D eigenvalue weighted by atomic mass is 10.2. The van der Waals surface area contributed by atoms with Crippen molar-refractivity contribution in [2.24, 2.45) is 0 Å². The molecule has 0 spiro atoms. The van der Waals surface area contributed by atoms with E-state index >= 15 is 0 Å². The van der Waals surface area contributed by atoms with E-state index in [1.165, 1.54) is 0 Å². The zero-order chi connectivity index (χ0) is 12.5. The van der Waals surface area contributed by atoms with Crippen molar-refractivity contribution in [3.63, 3.8) is 0 Å². The number of imidazole rings is 1. The monoisotopic (exact) mass is 257 g/mol. The summed E-state index contributed by atoms with van der Waals surface area (Å²) in [6.07, 6.45) is 5.53. The van der Waals surface area contributed by atoms with Gasteiger partial charge in [-0.2, -0.15) is 0 Å². The van der Waals surface area contributed by atoms with Crippen LogP contribution in [0.1, 0.15) is 11.3 Å². The third kappa shape index (κ3) is 1.68. The predicted octanol–water partition coefficient (Wildman–Crippen LogP) is 3.44. The van der Waals surface area contributed by atoms with E-state index in [4.69, 9.17) is 16.6 Å². The van der Waals surface area contributed by atoms with Crippen LogP contribution < -0.4 is 0 Å². The molecule has 0 N–H and O–H groups in total. The topological polar surface area (TPSA) is 30.2 Å². The molecule has 90 valence electrons. The highest BCUT2D eigenvalue weighted by Crippen LogP contribution is 2.26. The van der Waals surface area contributed by atoms with Gasteiger partial charge in [0.05, 0.1) is 17.3 Å². The fourth-order valence-electron chi connectivity index (χ4n) is 2.12. The summed E-state index contributed by atoms with van der Waals surface area (Å²) in [5, 5.41) is 0. The van der Waals surface area contributed by atoms with Crippen LogP contribution >= 0.6 is 11.6 Å². The molecule has 3 aromatic rings. The number of pyridine rings is 2. The van der Waals surface area contributed by atoms with E-state index in [2.05, 4.69) is 22.4 Å². The summed E-state index contributed by atoms with van der Waals surface area (Å²) in [6, 6.07) is 7.97. The van der Waals surface area contributed by atoms with Gasteiger partial charge in [-0.05, 0) is 30.7 Å². The number of hydrogen-bond donors (Lipinski definition) is 0. The van der Waals surface area contributed by atoms with Gasteiger partial charge >= 0.3 is 0 Å². The first-order valence-electron chi connectivity index (χ1n) is 5.74. The summed E-state index contributed by atoms with van der Waals surface area (Å²) in [7, 11) is 0. The lowest BCUT2D eigenvalue weighted by Gasteiger charge is -2.01. The first-order chi connectivity index (χ1) is 8.81. The SMILES string of the molecule is Cc1cccn2c(CCl)c(-c3ccncc3)nc12. The van der Waals surface area contributed by atoms with Crippen LogP contribution in [-0.4, -0.2) is 14.4 Å². The minimum atomic E-state index is 0.433. The van der Waals surface area contributed by atoms with Crippen LogP contribution in [0.25, 0.3) is 16.9 Å². The number of fused-ring (bicyclic) bond motifs is 1. The number of nitrogens with zero attached hydrogens (tertiary/aromatic N) is 3. The average Bonchev–Trinajstić information content (AvgIpc) is 2.80. The molecule has 18 heavy (non-hydrogen) atoms. The lowest BCUT2D eigenvalue weighted by Crippen LogP contribution is -1.91. The molecule has 0 saturated carbocycles. The average molecular weight is 258 g/mol. The van der Waals surface area contributed by atoms with Gasteiger partial charge in [-0.15, -0.1) is 11.6 Å². The Balaban J connectivity index is 2.33. The fourth-order valence-corrected chi connectivity index (χ4v) is 2.38. The summed E-state index contributed by atoms with van der Waals surface area (Å²) in [5.74, 6) is 0.433. The van der Waals surface area contributed by atoms with Gasteiger partial charge in [-0.3, -0.25) is 4.98 Å². The second kappa shape index (κ2) is 4.42. The van der Waals surface area contributed by atoms with Gasteiger partial charge in [0.15, 0.2) is 0 Å². The summed E-state index contributed by atoms with van der Waals surface area (Å²) in [6.45, 7) is 2.05. The molecule has 0 unspecified atom stereocenters. The van der Waals surface area contributed by atoms with E-state index < -0.39 is 0 Å². The Bertz CT molecular complexity index is 689. The summed E-state index contributed by atoms with van der Waals surface area (Å²) in [4.78, 5) is 8.73. The molecule has 3 heterocycles. The maximum Gasteiger partial charge on any atom is 0.140 e. The molecule has 0 atom stereocenters. The van der Waals surface area contributed by atoms with Crippen molar-refractivity contribution in [1.29, 1.82) is 0 Å². The third-order valence-electron chi connectivity index (χ3n) is 3.02. The van der Waals surface area contributed by atoms with Crippen LogP contribution in [0.5, 0.6) is 0 Å². The van der Waals surface area contributed by atoms with Crippen LogP contribution in [-0.2, 0) is 5.88 Å². The Morgan fingerprint density at radius 1 is 1.22 bits per heavy atom. The minimum absolute atomic E-state index is 0.433. The minimum Gasteiger partial charge on any atom is -0.302 e. The Morgan fingerprint density at radius 3 is 2.72 bits per heavy atom. The number of aryl methyl sites for hydroxylation is 1. The van der Waals surface area contributed by atoms with Gasteiger partial charge in [-0.1, -0.05) is 6.07 Å². The number of halogens is 1. The van der Waals surface area contributed by atoms with Crippen molar-refractivity contribution < 1.29 is 0 Å². The quantitative estimate of drug-likeness (QED) is 0.659. The molecule has 0 aromatic carbocycles. The Labute approximate surface area is 110 Å². The third-order valence-corrected chi connectivity index (χ3v) is 3.28. The van der Waals surface area contributed by atoms with Gasteiger partial charge in [0, 0.05) is 24.2 Å². The van der Waals surface area contributed by atoms with Crippen LogP contribution in [0.3, 0.4) is 0 Å². The molecule has 0 radical (unpaired) electrons. The molecular weight excluding hydrogens is 246 g/mol. The molecule has 0 aliphatic rings. The Hall–Kier alpha value is -1.87. The number of alkyl halides is 1. The van der Waals surface area contributed by atoms with Gasteiger partial charge in [0.1, 0.15) is 5.65 Å². The maximum absolute atomic E-state index is 6.08. The van der Waals surface area contributed by atoms with Crippen LogP contribution in [0.15, 0.2) is 42.9 Å². The highest BCUT2D eigenvalue weighted by atomic mass is 35.5. The Morgan fingerprint density at radius 2 is 2.00 bits per heavy atom. The Kier molecular flexibility index (Phi) is 2.76. The van der Waals surface area contributed by atoms with E-state index in [0.29, 0.717) is 5.88 Å². The first kappa shape index (κ1) is 11.2. The van der Waals surface area contributed by atoms with E-state index in [1.54, 1.807) is 12.4 Å². The van der Waals surface area contributed by atoms with Crippen molar-refractivity contribution in [2.45, 2.75) is 12.8 Å². The van der Waals surface area contributed by atoms with Gasteiger partial charge in [0.2, 0.25) is 0 Å². The number of rotatable bonds is 2. The molecule has 3 aromatic heterocycles. The molecule has 0 aliphatic carbocycles. The fraction of sp³-hybridized carbons (Fsp3) is 0.143. The zero-order valence-electron chi connectivity index (χ0n) is 9.97. The second-order valence-corrected chi connectivity index (χ2v) is 4.43. The lowest BCUT2D eigenvalue weighted by molar-refractivity contribution is 1.08. The van der Waals surface area contributed by atoms with Crippen LogP contribution in [0, 0.1) is 6.92 Å². The number of hydrogen-bond acceptors (Lipinski definition) is 2. The largest absolute Gasteiger partial charge is 0.302 e.